The predicted octanol–water partition coefficient (Wildman–Crippen LogP) is 7.41. The number of hydrogen-bond donors (Lipinski definition) is 3. The van der Waals surface area contributed by atoms with Gasteiger partial charge in [-0.25, -0.2) is 0 Å². The lowest BCUT2D eigenvalue weighted by atomic mass is 10.1. The number of unbranched alkanes of at least 4 members (excludes halogenated alkanes) is 12. The van der Waals surface area contributed by atoms with Gasteiger partial charge in [-0.05, 0) is 57.8 Å². The van der Waals surface area contributed by atoms with E-state index in [-0.39, 0.29) is 17.4 Å². The third-order valence-corrected chi connectivity index (χ3v) is 4.65. The highest BCUT2D eigenvalue weighted by atomic mass is 27.0. The average Bonchev–Trinajstić information content (AvgIpc) is 2.76. The Kier molecular flexibility index (Phi) is 41.4. The van der Waals surface area contributed by atoms with Gasteiger partial charge in [-0.15, -0.1) is 19.7 Å². The Hall–Kier alpha value is -1.84. The molecule has 0 amide bonds. The van der Waals surface area contributed by atoms with Crippen molar-refractivity contribution in [3.05, 3.63) is 38.0 Å². The maximum absolute atomic E-state index is 10.1. The van der Waals surface area contributed by atoms with Gasteiger partial charge in [-0.1, -0.05) is 56.8 Å². The summed E-state index contributed by atoms with van der Waals surface area (Å²) < 4.78 is 0. The summed E-state index contributed by atoms with van der Waals surface area (Å²) in [6, 6.07) is 0. The summed E-state index contributed by atoms with van der Waals surface area (Å²) in [5.41, 5.74) is 0. The average molecular weight is 496 g/mol. The molecule has 3 radical (unpaired) electrons. The van der Waals surface area contributed by atoms with Gasteiger partial charge in [0, 0.05) is 36.6 Å². The van der Waals surface area contributed by atoms with Crippen LogP contribution in [0.2, 0.25) is 0 Å². The van der Waals surface area contributed by atoms with Gasteiger partial charge in [0.25, 0.3) is 0 Å². The van der Waals surface area contributed by atoms with Gasteiger partial charge >= 0.3 is 17.9 Å². The standard InChI is InChI=1S/3C9H16O2.Al/c3*1-2-3-4-5-6-7-8-9(10)11;/h3*2H,1,3-8H2,(H,10,11);. The molecule has 0 spiro atoms. The van der Waals surface area contributed by atoms with Crippen molar-refractivity contribution in [1.29, 1.82) is 0 Å². The first-order valence-corrected chi connectivity index (χ1v) is 12.3. The molecule has 0 aromatic heterocycles. The molecule has 0 aromatic rings. The van der Waals surface area contributed by atoms with E-state index in [2.05, 4.69) is 19.7 Å². The minimum absolute atomic E-state index is 0. The van der Waals surface area contributed by atoms with Gasteiger partial charge in [0.15, 0.2) is 0 Å². The van der Waals surface area contributed by atoms with Crippen molar-refractivity contribution in [3.8, 4) is 0 Å². The van der Waals surface area contributed by atoms with Crippen molar-refractivity contribution in [2.75, 3.05) is 0 Å². The van der Waals surface area contributed by atoms with Crippen molar-refractivity contribution >= 4 is 35.3 Å². The topological polar surface area (TPSA) is 112 Å². The second-order valence-corrected chi connectivity index (χ2v) is 7.91. The molecule has 7 heteroatoms. The second-order valence-electron chi connectivity index (χ2n) is 7.91. The summed E-state index contributed by atoms with van der Waals surface area (Å²) in [6.45, 7) is 10.8. The van der Waals surface area contributed by atoms with E-state index in [1.54, 1.807) is 0 Å². The summed E-state index contributed by atoms with van der Waals surface area (Å²) in [5.74, 6) is -2.06. The summed E-state index contributed by atoms with van der Waals surface area (Å²) in [4.78, 5) is 30.2. The fourth-order valence-electron chi connectivity index (χ4n) is 2.76. The third-order valence-electron chi connectivity index (χ3n) is 4.65. The number of carboxylic acids is 3. The Morgan fingerprint density at radius 2 is 0.647 bits per heavy atom. The van der Waals surface area contributed by atoms with E-state index in [1.807, 2.05) is 18.2 Å². The van der Waals surface area contributed by atoms with E-state index in [0.717, 1.165) is 96.3 Å². The number of carboxylic acid groups (broad SMARTS) is 3. The van der Waals surface area contributed by atoms with Gasteiger partial charge in [0.1, 0.15) is 0 Å². The molecule has 0 aliphatic heterocycles. The molecule has 0 aromatic carbocycles. The molecule has 0 heterocycles. The van der Waals surface area contributed by atoms with Gasteiger partial charge in [-0.3, -0.25) is 14.4 Å². The van der Waals surface area contributed by atoms with E-state index < -0.39 is 17.9 Å². The van der Waals surface area contributed by atoms with Crippen molar-refractivity contribution in [1.82, 2.24) is 0 Å². The highest BCUT2D eigenvalue weighted by Gasteiger charge is 1.96. The number of aliphatic carboxylic acids is 3. The summed E-state index contributed by atoms with van der Waals surface area (Å²) in [6.07, 6.45) is 22.1. The zero-order valence-corrected chi connectivity index (χ0v) is 22.4. The van der Waals surface area contributed by atoms with Crippen LogP contribution in [-0.4, -0.2) is 50.6 Å². The number of rotatable bonds is 21. The van der Waals surface area contributed by atoms with Crippen LogP contribution in [0.1, 0.15) is 116 Å². The Labute approximate surface area is 218 Å². The highest BCUT2D eigenvalue weighted by molar-refractivity contribution is 5.75. The predicted molar refractivity (Wildman–Crippen MR) is 142 cm³/mol. The zero-order chi connectivity index (χ0) is 25.6. The molecule has 0 aliphatic rings. The number of allylic oxidation sites excluding steroid dienone is 3. The molecule has 0 saturated carbocycles. The molecular formula is C27H48AlO6. The van der Waals surface area contributed by atoms with Crippen LogP contribution in [0.5, 0.6) is 0 Å². The van der Waals surface area contributed by atoms with Crippen molar-refractivity contribution in [2.24, 2.45) is 0 Å². The number of hydrogen-bond acceptors (Lipinski definition) is 3. The molecule has 0 aliphatic carbocycles. The van der Waals surface area contributed by atoms with E-state index in [0.29, 0.717) is 19.3 Å². The Bertz CT molecular complexity index is 434. The smallest absolute Gasteiger partial charge is 0.303 e. The molecule has 0 fully saturated rings. The fourth-order valence-corrected chi connectivity index (χ4v) is 2.76. The molecule has 0 rings (SSSR count). The van der Waals surface area contributed by atoms with E-state index in [9.17, 15) is 14.4 Å². The second kappa shape index (κ2) is 35.7. The lowest BCUT2D eigenvalue weighted by Crippen LogP contribution is -1.93. The molecule has 0 unspecified atom stereocenters. The molecule has 6 nitrogen and oxygen atoms in total. The van der Waals surface area contributed by atoms with Crippen molar-refractivity contribution < 1.29 is 29.7 Å². The molecular weight excluding hydrogens is 447 g/mol. The van der Waals surface area contributed by atoms with Crippen LogP contribution in [0.15, 0.2) is 38.0 Å². The van der Waals surface area contributed by atoms with Gasteiger partial charge < -0.3 is 15.3 Å². The maximum Gasteiger partial charge on any atom is 0.303 e. The van der Waals surface area contributed by atoms with Crippen LogP contribution in [0, 0.1) is 0 Å². The fraction of sp³-hybridized carbons (Fsp3) is 0.667. The minimum atomic E-state index is -0.686. The van der Waals surface area contributed by atoms with Gasteiger partial charge in [0.2, 0.25) is 0 Å². The lowest BCUT2D eigenvalue weighted by Gasteiger charge is -1.95. The summed E-state index contributed by atoms with van der Waals surface area (Å²) in [5, 5.41) is 24.9. The zero-order valence-electron chi connectivity index (χ0n) is 21.2. The van der Waals surface area contributed by atoms with Crippen LogP contribution in [0.25, 0.3) is 0 Å². The lowest BCUT2D eigenvalue weighted by molar-refractivity contribution is -0.138. The summed E-state index contributed by atoms with van der Waals surface area (Å²) in [7, 11) is 0. The SMILES string of the molecule is C=CCCCCCCC(=O)O.C=CCCCCCCC(=O)O.C=CCCCCCCC(=O)O.[Al]. The van der Waals surface area contributed by atoms with Crippen LogP contribution in [0.3, 0.4) is 0 Å². The molecule has 0 atom stereocenters. The number of carbonyl (C=O) groups is 3. The first-order valence-electron chi connectivity index (χ1n) is 12.3. The van der Waals surface area contributed by atoms with E-state index in [1.165, 1.54) is 0 Å². The third kappa shape index (κ3) is 52.2. The monoisotopic (exact) mass is 495 g/mol. The highest BCUT2D eigenvalue weighted by Crippen LogP contribution is 2.06. The maximum atomic E-state index is 10.1. The molecule has 34 heavy (non-hydrogen) atoms. The molecule has 0 bridgehead atoms. The van der Waals surface area contributed by atoms with Crippen LogP contribution < -0.4 is 0 Å². The Morgan fingerprint density at radius 3 is 0.824 bits per heavy atom. The molecule has 3 N–H and O–H groups in total. The first-order chi connectivity index (χ1) is 15.8. The first kappa shape index (κ1) is 39.4. The van der Waals surface area contributed by atoms with Gasteiger partial charge in [0.05, 0.1) is 0 Å². The van der Waals surface area contributed by atoms with Gasteiger partial charge in [-0.2, -0.15) is 0 Å². The molecule has 0 saturated heterocycles. The van der Waals surface area contributed by atoms with Crippen molar-refractivity contribution in [3.63, 3.8) is 0 Å². The van der Waals surface area contributed by atoms with Crippen LogP contribution in [-0.2, 0) is 14.4 Å². The van der Waals surface area contributed by atoms with E-state index >= 15 is 0 Å². The van der Waals surface area contributed by atoms with Crippen LogP contribution in [0.4, 0.5) is 0 Å². The Balaban J connectivity index is -0.000000196. The molecule has 195 valence electrons. The Morgan fingerprint density at radius 1 is 0.441 bits per heavy atom. The summed E-state index contributed by atoms with van der Waals surface area (Å²) >= 11 is 0. The van der Waals surface area contributed by atoms with E-state index in [4.69, 9.17) is 15.3 Å². The van der Waals surface area contributed by atoms with Crippen molar-refractivity contribution in [2.45, 2.75) is 116 Å². The largest absolute Gasteiger partial charge is 0.481 e. The quantitative estimate of drug-likeness (QED) is 0.0868. The van der Waals surface area contributed by atoms with Crippen LogP contribution >= 0.6 is 0 Å². The normalized spacial score (nSPS) is 9.18. The minimum Gasteiger partial charge on any atom is -0.481 e.